The molecule has 1 fully saturated rings. The summed E-state index contributed by atoms with van der Waals surface area (Å²) in [5.74, 6) is -0.459. The molecular weight excluding hydrogens is 424 g/mol. The van der Waals surface area contributed by atoms with Crippen LogP contribution in [0.2, 0.25) is 0 Å². The summed E-state index contributed by atoms with van der Waals surface area (Å²) < 4.78 is 22.8. The molecular formula is C20H20N4O4S2. The number of primary sulfonamides is 1. The van der Waals surface area contributed by atoms with Crippen molar-refractivity contribution in [1.29, 1.82) is 5.26 Å². The Labute approximate surface area is 179 Å². The minimum Gasteiger partial charge on any atom is -0.274 e. The molecule has 10 heteroatoms. The van der Waals surface area contributed by atoms with E-state index < -0.39 is 27.1 Å². The van der Waals surface area contributed by atoms with Crippen LogP contribution in [0.5, 0.6) is 0 Å². The van der Waals surface area contributed by atoms with E-state index in [0.29, 0.717) is 16.5 Å². The third kappa shape index (κ3) is 4.70. The number of hydrogen-bond acceptors (Lipinski definition) is 7. The molecule has 3 rings (SSSR count). The van der Waals surface area contributed by atoms with Crippen LogP contribution in [0.25, 0.3) is 0 Å². The van der Waals surface area contributed by atoms with Gasteiger partial charge in [-0.05, 0) is 48.7 Å². The number of nitrogens with two attached hydrogens (primary N) is 1. The lowest BCUT2D eigenvalue weighted by molar-refractivity contribution is -0.121. The minimum atomic E-state index is -3.87. The molecule has 1 saturated heterocycles. The molecule has 1 aliphatic heterocycles. The van der Waals surface area contributed by atoms with Crippen LogP contribution >= 0.6 is 11.8 Å². The molecule has 0 radical (unpaired) electrons. The number of carbonyl (C=O) groups is 2. The van der Waals surface area contributed by atoms with Gasteiger partial charge in [0, 0.05) is 12.1 Å². The highest BCUT2D eigenvalue weighted by atomic mass is 32.2. The maximum absolute atomic E-state index is 12.9. The van der Waals surface area contributed by atoms with Crippen LogP contribution in [-0.2, 0) is 26.0 Å². The van der Waals surface area contributed by atoms with Gasteiger partial charge in [0.25, 0.3) is 0 Å². The first-order valence-electron chi connectivity index (χ1n) is 9.16. The predicted molar refractivity (Wildman–Crippen MR) is 112 cm³/mol. The fraction of sp³-hybridized carbons (Fsp3) is 0.300. The molecule has 0 spiro atoms. The van der Waals surface area contributed by atoms with Crippen molar-refractivity contribution in [2.24, 2.45) is 11.1 Å². The molecule has 1 aromatic heterocycles. The number of sulfonamides is 1. The second-order valence-electron chi connectivity index (χ2n) is 7.28. The van der Waals surface area contributed by atoms with E-state index in [1.807, 2.05) is 0 Å². The van der Waals surface area contributed by atoms with Crippen molar-refractivity contribution in [2.75, 3.05) is 4.90 Å². The van der Waals surface area contributed by atoms with Crippen LogP contribution in [-0.4, -0.2) is 30.5 Å². The molecule has 0 bridgehead atoms. The van der Waals surface area contributed by atoms with Crippen LogP contribution in [0, 0.1) is 17.2 Å². The Bertz CT molecular complexity index is 1140. The number of rotatable bonds is 6. The summed E-state index contributed by atoms with van der Waals surface area (Å²) in [6, 6.07) is 10.8. The van der Waals surface area contributed by atoms with Crippen LogP contribution in [0.1, 0.15) is 31.5 Å². The number of anilines is 1. The summed E-state index contributed by atoms with van der Waals surface area (Å²) in [6.07, 6.45) is 0.695. The molecule has 1 aromatic carbocycles. The lowest BCUT2D eigenvalue weighted by atomic mass is 10.1. The number of hydrogen-bond donors (Lipinski definition) is 1. The Kier molecular flexibility index (Phi) is 6.26. The summed E-state index contributed by atoms with van der Waals surface area (Å²) in [4.78, 5) is 30.8. The van der Waals surface area contributed by atoms with Gasteiger partial charge in [-0.15, -0.1) is 0 Å². The zero-order valence-corrected chi connectivity index (χ0v) is 18.0. The lowest BCUT2D eigenvalue weighted by Gasteiger charge is -2.15. The van der Waals surface area contributed by atoms with Gasteiger partial charge in [-0.2, -0.15) is 5.26 Å². The summed E-state index contributed by atoms with van der Waals surface area (Å²) in [5.41, 5.74) is 1.44. The second-order valence-corrected chi connectivity index (χ2v) is 10.0. The van der Waals surface area contributed by atoms with Crippen molar-refractivity contribution in [1.82, 2.24) is 4.98 Å². The highest BCUT2D eigenvalue weighted by molar-refractivity contribution is 8.00. The van der Waals surface area contributed by atoms with Gasteiger partial charge in [0.2, 0.25) is 21.8 Å². The SMILES string of the molecule is CC(C)Cc1ccc(C#N)c(SC2CC(=O)N(c3ccc(S(N)(=O)=O)cc3)C2=O)n1. The Morgan fingerprint density at radius 1 is 1.23 bits per heavy atom. The number of imide groups is 1. The van der Waals surface area contributed by atoms with Gasteiger partial charge in [-0.3, -0.25) is 9.59 Å². The van der Waals surface area contributed by atoms with E-state index in [-0.39, 0.29) is 17.0 Å². The number of thioether (sulfide) groups is 1. The standard InChI is InChI=1S/C20H20N4O4S2/c1-12(2)9-14-4-3-13(11-21)19(23-14)29-17-10-18(25)24(20(17)26)15-5-7-16(8-6-15)30(22,27)28/h3-8,12,17H,9-10H2,1-2H3,(H2,22,27,28). The van der Waals surface area contributed by atoms with Gasteiger partial charge >= 0.3 is 0 Å². The molecule has 2 amide bonds. The number of nitriles is 1. The van der Waals surface area contributed by atoms with Crippen molar-refractivity contribution < 1.29 is 18.0 Å². The van der Waals surface area contributed by atoms with E-state index >= 15 is 0 Å². The molecule has 0 saturated carbocycles. The predicted octanol–water partition coefficient (Wildman–Crippen LogP) is 2.22. The van der Waals surface area contributed by atoms with Crippen molar-refractivity contribution in [3.8, 4) is 6.07 Å². The van der Waals surface area contributed by atoms with E-state index in [9.17, 15) is 23.3 Å². The highest BCUT2D eigenvalue weighted by Gasteiger charge is 2.40. The maximum atomic E-state index is 12.9. The minimum absolute atomic E-state index is 0.0403. The number of nitrogens with zero attached hydrogens (tertiary/aromatic N) is 3. The van der Waals surface area contributed by atoms with Gasteiger partial charge in [0.05, 0.1) is 21.4 Å². The van der Waals surface area contributed by atoms with E-state index in [1.165, 1.54) is 24.3 Å². The third-order valence-electron chi connectivity index (χ3n) is 4.44. The summed E-state index contributed by atoms with van der Waals surface area (Å²) in [7, 11) is -3.87. The summed E-state index contributed by atoms with van der Waals surface area (Å²) in [5, 5.41) is 14.2. The summed E-state index contributed by atoms with van der Waals surface area (Å²) in [6.45, 7) is 4.12. The van der Waals surface area contributed by atoms with Crippen LogP contribution in [0.15, 0.2) is 46.3 Å². The quantitative estimate of drug-likeness (QED) is 0.675. The summed E-state index contributed by atoms with van der Waals surface area (Å²) >= 11 is 1.10. The smallest absolute Gasteiger partial charge is 0.247 e. The van der Waals surface area contributed by atoms with Crippen molar-refractivity contribution in [2.45, 2.75) is 41.9 Å². The van der Waals surface area contributed by atoms with Crippen molar-refractivity contribution in [3.63, 3.8) is 0 Å². The zero-order valence-electron chi connectivity index (χ0n) is 16.4. The first kappa shape index (κ1) is 22.0. The third-order valence-corrected chi connectivity index (χ3v) is 6.55. The Balaban J connectivity index is 1.84. The van der Waals surface area contributed by atoms with E-state index in [2.05, 4.69) is 24.9 Å². The first-order chi connectivity index (χ1) is 14.1. The molecule has 2 N–H and O–H groups in total. The largest absolute Gasteiger partial charge is 0.274 e. The van der Waals surface area contributed by atoms with E-state index in [4.69, 9.17) is 5.14 Å². The first-order valence-corrected chi connectivity index (χ1v) is 11.6. The molecule has 1 aliphatic rings. The maximum Gasteiger partial charge on any atom is 0.247 e. The van der Waals surface area contributed by atoms with Crippen molar-refractivity contribution in [3.05, 3.63) is 47.7 Å². The molecule has 8 nitrogen and oxygen atoms in total. The fourth-order valence-corrected chi connectivity index (χ4v) is 4.70. The lowest BCUT2D eigenvalue weighted by Crippen LogP contribution is -2.31. The number of pyridine rings is 1. The Morgan fingerprint density at radius 2 is 1.90 bits per heavy atom. The number of carbonyl (C=O) groups excluding carboxylic acids is 2. The Morgan fingerprint density at radius 3 is 2.47 bits per heavy atom. The molecule has 1 unspecified atom stereocenters. The topological polar surface area (TPSA) is 134 Å². The van der Waals surface area contributed by atoms with Gasteiger partial charge in [0.15, 0.2) is 0 Å². The number of benzene rings is 1. The average molecular weight is 445 g/mol. The molecule has 0 aliphatic carbocycles. The van der Waals surface area contributed by atoms with Gasteiger partial charge < -0.3 is 0 Å². The zero-order chi connectivity index (χ0) is 22.1. The van der Waals surface area contributed by atoms with Crippen LogP contribution in [0.4, 0.5) is 5.69 Å². The second kappa shape index (κ2) is 8.55. The molecule has 30 heavy (non-hydrogen) atoms. The van der Waals surface area contributed by atoms with Gasteiger partial charge in [-0.25, -0.2) is 23.4 Å². The van der Waals surface area contributed by atoms with E-state index in [1.54, 1.807) is 12.1 Å². The monoisotopic (exact) mass is 444 g/mol. The van der Waals surface area contributed by atoms with Gasteiger partial charge in [-0.1, -0.05) is 25.6 Å². The Hall–Kier alpha value is -2.74. The highest BCUT2D eigenvalue weighted by Crippen LogP contribution is 2.35. The molecule has 156 valence electrons. The van der Waals surface area contributed by atoms with E-state index in [0.717, 1.165) is 28.8 Å². The number of aromatic nitrogens is 1. The number of amides is 2. The van der Waals surface area contributed by atoms with Crippen molar-refractivity contribution >= 4 is 39.3 Å². The van der Waals surface area contributed by atoms with Crippen LogP contribution < -0.4 is 10.0 Å². The van der Waals surface area contributed by atoms with Crippen LogP contribution in [0.3, 0.4) is 0 Å². The fourth-order valence-electron chi connectivity index (χ4n) is 3.07. The average Bonchev–Trinajstić information content (AvgIpc) is 2.94. The normalized spacial score (nSPS) is 16.9. The molecule has 1 atom stereocenters. The van der Waals surface area contributed by atoms with Gasteiger partial charge in [0.1, 0.15) is 11.1 Å². The molecule has 2 heterocycles. The molecule has 2 aromatic rings.